The molecule has 3 aromatic rings. The number of hydrogen-bond acceptors (Lipinski definition) is 4. The van der Waals surface area contributed by atoms with Gasteiger partial charge in [-0.3, -0.25) is 9.10 Å². The van der Waals surface area contributed by atoms with Gasteiger partial charge in [-0.05, 0) is 29.1 Å². The molecule has 0 aliphatic rings. The molecule has 1 amide bonds. The second-order valence-corrected chi connectivity index (χ2v) is 9.17. The van der Waals surface area contributed by atoms with E-state index in [0.717, 1.165) is 21.2 Å². The van der Waals surface area contributed by atoms with Gasteiger partial charge in [-0.25, -0.2) is 12.8 Å². The Morgan fingerprint density at radius 3 is 2.32 bits per heavy atom. The van der Waals surface area contributed by atoms with E-state index in [1.807, 2.05) is 30.3 Å². The van der Waals surface area contributed by atoms with Crippen molar-refractivity contribution < 1.29 is 17.6 Å². The van der Waals surface area contributed by atoms with Gasteiger partial charge in [0.05, 0.1) is 5.69 Å². The Balaban J connectivity index is 1.89. The Morgan fingerprint density at radius 2 is 1.68 bits per heavy atom. The molecule has 0 saturated heterocycles. The number of sulfonamides is 1. The monoisotopic (exact) mass is 418 g/mol. The number of hydrogen-bond donors (Lipinski definition) is 0. The number of rotatable bonds is 7. The highest BCUT2D eigenvalue weighted by Crippen LogP contribution is 2.28. The van der Waals surface area contributed by atoms with Crippen molar-refractivity contribution in [1.82, 2.24) is 4.90 Å². The largest absolute Gasteiger partial charge is 0.340 e. The van der Waals surface area contributed by atoms with Crippen LogP contribution in [0.4, 0.5) is 10.1 Å². The Bertz CT molecular complexity index is 1040. The van der Waals surface area contributed by atoms with Gasteiger partial charge in [-0.2, -0.15) is 0 Å². The number of anilines is 1. The quantitative estimate of drug-likeness (QED) is 0.587. The lowest BCUT2D eigenvalue weighted by molar-refractivity contribution is -0.128. The predicted molar refractivity (Wildman–Crippen MR) is 108 cm³/mol. The normalized spacial score (nSPS) is 11.2. The summed E-state index contributed by atoms with van der Waals surface area (Å²) in [5.74, 6) is -1.15. The smallest absolute Gasteiger partial charge is 0.274 e. The van der Waals surface area contributed by atoms with Crippen LogP contribution < -0.4 is 4.31 Å². The second kappa shape index (κ2) is 8.53. The molecule has 0 bridgehead atoms. The fourth-order valence-electron chi connectivity index (χ4n) is 2.66. The first-order valence-corrected chi connectivity index (χ1v) is 10.8. The minimum atomic E-state index is -4.07. The summed E-state index contributed by atoms with van der Waals surface area (Å²) in [6.07, 6.45) is 0. The van der Waals surface area contributed by atoms with Gasteiger partial charge < -0.3 is 4.90 Å². The predicted octanol–water partition coefficient (Wildman–Crippen LogP) is 3.74. The summed E-state index contributed by atoms with van der Waals surface area (Å²) in [5.41, 5.74) is 0.759. The van der Waals surface area contributed by atoms with Crippen molar-refractivity contribution in [3.63, 3.8) is 0 Å². The fraction of sp³-hybridized carbons (Fsp3) is 0.150. The average Bonchev–Trinajstić information content (AvgIpc) is 3.23. The summed E-state index contributed by atoms with van der Waals surface area (Å²) in [4.78, 5) is 14.2. The summed E-state index contributed by atoms with van der Waals surface area (Å²) in [5, 5.41) is 1.62. The summed E-state index contributed by atoms with van der Waals surface area (Å²) in [7, 11) is -2.48. The number of para-hydroxylation sites is 1. The van der Waals surface area contributed by atoms with Gasteiger partial charge in [0.25, 0.3) is 10.0 Å². The van der Waals surface area contributed by atoms with Crippen molar-refractivity contribution in [2.75, 3.05) is 17.9 Å². The van der Waals surface area contributed by atoms with E-state index in [9.17, 15) is 17.6 Å². The molecule has 0 spiro atoms. The Labute approximate surface area is 167 Å². The van der Waals surface area contributed by atoms with Gasteiger partial charge >= 0.3 is 0 Å². The van der Waals surface area contributed by atoms with Crippen LogP contribution in [0, 0.1) is 5.82 Å². The van der Waals surface area contributed by atoms with Crippen LogP contribution in [0.25, 0.3) is 0 Å². The molecule has 0 unspecified atom stereocenters. The lowest BCUT2D eigenvalue weighted by atomic mass is 10.2. The zero-order chi connectivity index (χ0) is 20.1. The van der Waals surface area contributed by atoms with Crippen molar-refractivity contribution in [3.8, 4) is 0 Å². The number of halogens is 1. The zero-order valence-electron chi connectivity index (χ0n) is 15.2. The molecule has 1 heterocycles. The van der Waals surface area contributed by atoms with Gasteiger partial charge in [0.15, 0.2) is 0 Å². The van der Waals surface area contributed by atoms with Gasteiger partial charge in [0.1, 0.15) is 16.6 Å². The maximum Gasteiger partial charge on any atom is 0.274 e. The molecule has 5 nitrogen and oxygen atoms in total. The molecular weight excluding hydrogens is 399 g/mol. The van der Waals surface area contributed by atoms with Gasteiger partial charge in [-0.1, -0.05) is 48.5 Å². The summed E-state index contributed by atoms with van der Waals surface area (Å²) < 4.78 is 41.4. The molecule has 0 atom stereocenters. The molecule has 2 aromatic carbocycles. The van der Waals surface area contributed by atoms with Crippen LogP contribution in [0.1, 0.15) is 5.56 Å². The van der Waals surface area contributed by atoms with E-state index < -0.39 is 28.3 Å². The molecule has 3 rings (SSSR count). The first kappa shape index (κ1) is 20.0. The zero-order valence-corrected chi connectivity index (χ0v) is 16.8. The van der Waals surface area contributed by atoms with E-state index in [1.165, 1.54) is 35.2 Å². The van der Waals surface area contributed by atoms with Crippen molar-refractivity contribution >= 4 is 33.0 Å². The number of nitrogens with zero attached hydrogens (tertiary/aromatic N) is 2. The SMILES string of the molecule is CN(Cc1ccccc1)C(=O)CN(c1ccccc1F)S(=O)(=O)c1cccs1. The lowest BCUT2D eigenvalue weighted by Gasteiger charge is -2.26. The molecule has 0 saturated carbocycles. The average molecular weight is 419 g/mol. The van der Waals surface area contributed by atoms with Crippen molar-refractivity contribution in [3.05, 3.63) is 83.5 Å². The molecule has 0 fully saturated rings. The van der Waals surface area contributed by atoms with Gasteiger partial charge in [0.2, 0.25) is 5.91 Å². The second-order valence-electron chi connectivity index (χ2n) is 6.13. The Morgan fingerprint density at radius 1 is 1.00 bits per heavy atom. The maximum absolute atomic E-state index is 14.4. The van der Waals surface area contributed by atoms with Crippen LogP contribution >= 0.6 is 11.3 Å². The van der Waals surface area contributed by atoms with Crippen LogP contribution in [0.5, 0.6) is 0 Å². The highest BCUT2D eigenvalue weighted by molar-refractivity contribution is 7.94. The number of carbonyl (C=O) groups excluding carboxylic acids is 1. The number of thiophene rings is 1. The molecule has 0 aliphatic carbocycles. The Kier molecular flexibility index (Phi) is 6.11. The molecule has 1 aromatic heterocycles. The molecule has 8 heteroatoms. The molecule has 28 heavy (non-hydrogen) atoms. The van der Waals surface area contributed by atoms with Gasteiger partial charge in [0, 0.05) is 13.6 Å². The minimum Gasteiger partial charge on any atom is -0.340 e. The number of benzene rings is 2. The first-order valence-electron chi connectivity index (χ1n) is 8.48. The van der Waals surface area contributed by atoms with Crippen LogP contribution in [0.2, 0.25) is 0 Å². The molecular formula is C20H19FN2O3S2. The molecule has 146 valence electrons. The van der Waals surface area contributed by atoms with E-state index in [0.29, 0.717) is 6.54 Å². The third kappa shape index (κ3) is 4.40. The molecule has 0 N–H and O–H groups in total. The van der Waals surface area contributed by atoms with Crippen molar-refractivity contribution in [2.45, 2.75) is 10.8 Å². The van der Waals surface area contributed by atoms with E-state index >= 15 is 0 Å². The van der Waals surface area contributed by atoms with Gasteiger partial charge in [-0.15, -0.1) is 11.3 Å². The van der Waals surface area contributed by atoms with Crippen LogP contribution in [0.15, 0.2) is 76.3 Å². The molecule has 0 aliphatic heterocycles. The third-order valence-electron chi connectivity index (χ3n) is 4.13. The topological polar surface area (TPSA) is 57.7 Å². The maximum atomic E-state index is 14.4. The van der Waals surface area contributed by atoms with Crippen molar-refractivity contribution in [1.29, 1.82) is 0 Å². The van der Waals surface area contributed by atoms with E-state index in [2.05, 4.69) is 0 Å². The lowest BCUT2D eigenvalue weighted by Crippen LogP contribution is -2.41. The highest BCUT2D eigenvalue weighted by Gasteiger charge is 2.30. The fourth-order valence-corrected chi connectivity index (χ4v) is 5.19. The van der Waals surface area contributed by atoms with Crippen LogP contribution in [-0.4, -0.2) is 32.8 Å². The number of carbonyl (C=O) groups is 1. The Hall–Kier alpha value is -2.71. The first-order chi connectivity index (χ1) is 13.4. The highest BCUT2D eigenvalue weighted by atomic mass is 32.2. The number of likely N-dealkylation sites (N-methyl/N-ethyl adjacent to an activating group) is 1. The standard InChI is InChI=1S/C20H19FN2O3S2/c1-22(14-16-8-3-2-4-9-16)19(24)15-23(18-11-6-5-10-17(18)21)28(25,26)20-12-7-13-27-20/h2-13H,14-15H2,1H3. The summed E-state index contributed by atoms with van der Waals surface area (Å²) in [6.45, 7) is -0.172. The van der Waals surface area contributed by atoms with E-state index in [1.54, 1.807) is 18.5 Å². The van der Waals surface area contributed by atoms with Crippen molar-refractivity contribution in [2.24, 2.45) is 0 Å². The van der Waals surface area contributed by atoms with E-state index in [4.69, 9.17) is 0 Å². The van der Waals surface area contributed by atoms with Crippen LogP contribution in [-0.2, 0) is 21.4 Å². The minimum absolute atomic E-state index is 0.0502. The third-order valence-corrected chi connectivity index (χ3v) is 7.26. The number of amides is 1. The van der Waals surface area contributed by atoms with Crippen LogP contribution in [0.3, 0.4) is 0 Å². The summed E-state index contributed by atoms with van der Waals surface area (Å²) >= 11 is 1.02. The van der Waals surface area contributed by atoms with E-state index in [-0.39, 0.29) is 9.90 Å². The molecule has 0 radical (unpaired) electrons. The summed E-state index contributed by atoms with van der Waals surface area (Å²) in [6, 6.07) is 17.9.